The van der Waals surface area contributed by atoms with Crippen molar-refractivity contribution in [3.63, 3.8) is 0 Å². The molecule has 94 valence electrons. The fourth-order valence-corrected chi connectivity index (χ4v) is 1.79. The highest BCUT2D eigenvalue weighted by molar-refractivity contribution is 5.76. The molecule has 1 aromatic heterocycles. The lowest BCUT2D eigenvalue weighted by Crippen LogP contribution is -2.45. The van der Waals surface area contributed by atoms with Crippen LogP contribution in [0.2, 0.25) is 0 Å². The van der Waals surface area contributed by atoms with Crippen LogP contribution in [0.1, 0.15) is 12.6 Å². The highest BCUT2D eigenvalue weighted by atomic mass is 16.5. The fourth-order valence-electron chi connectivity index (χ4n) is 1.79. The first kappa shape index (κ1) is 12.0. The van der Waals surface area contributed by atoms with Gasteiger partial charge in [0.25, 0.3) is 0 Å². The van der Waals surface area contributed by atoms with Gasteiger partial charge in [-0.15, -0.1) is 5.10 Å². The fraction of sp³-hybridized carbons (Fsp3) is 0.700. The molecular formula is C10H17N5O2. The van der Waals surface area contributed by atoms with Crippen LogP contribution in [0.25, 0.3) is 0 Å². The maximum atomic E-state index is 12.0. The number of ether oxygens (including phenoxy) is 1. The molecule has 2 N–H and O–H groups in total. The number of carbonyl (C=O) groups is 1. The van der Waals surface area contributed by atoms with E-state index < -0.39 is 0 Å². The van der Waals surface area contributed by atoms with Crippen molar-refractivity contribution in [3.05, 3.63) is 11.9 Å². The Hall–Kier alpha value is -1.47. The molecule has 1 amide bonds. The smallest absolute Gasteiger partial charge is 0.244 e. The first-order chi connectivity index (χ1) is 8.19. The largest absolute Gasteiger partial charge is 0.375 e. The first-order valence-corrected chi connectivity index (χ1v) is 5.67. The van der Waals surface area contributed by atoms with Crippen molar-refractivity contribution in [2.24, 2.45) is 5.73 Å². The van der Waals surface area contributed by atoms with E-state index in [0.717, 1.165) is 0 Å². The normalized spacial score (nSPS) is 20.6. The summed E-state index contributed by atoms with van der Waals surface area (Å²) in [7, 11) is 0. The summed E-state index contributed by atoms with van der Waals surface area (Å²) in [5.74, 6) is 0.0358. The standard InChI is InChI=1S/C10H17N5O2/c1-8-5-14(2-3-17-8)10(16)7-15-6-9(4-11)12-13-15/h6,8H,2-5,7,11H2,1H3. The number of aromatic nitrogens is 3. The number of rotatable bonds is 3. The summed E-state index contributed by atoms with van der Waals surface area (Å²) >= 11 is 0. The Morgan fingerprint density at radius 1 is 1.71 bits per heavy atom. The van der Waals surface area contributed by atoms with Crippen LogP contribution in [0.3, 0.4) is 0 Å². The molecule has 17 heavy (non-hydrogen) atoms. The summed E-state index contributed by atoms with van der Waals surface area (Å²) in [6.07, 6.45) is 1.80. The second kappa shape index (κ2) is 5.24. The lowest BCUT2D eigenvalue weighted by Gasteiger charge is -2.31. The van der Waals surface area contributed by atoms with E-state index in [0.29, 0.717) is 31.9 Å². The van der Waals surface area contributed by atoms with Gasteiger partial charge in [-0.1, -0.05) is 5.21 Å². The lowest BCUT2D eigenvalue weighted by atomic mass is 10.3. The third-order valence-corrected chi connectivity index (χ3v) is 2.69. The molecule has 2 rings (SSSR count). The van der Waals surface area contributed by atoms with Gasteiger partial charge in [0, 0.05) is 19.6 Å². The minimum atomic E-state index is 0.0358. The number of morpholine rings is 1. The molecule has 1 aliphatic heterocycles. The molecule has 2 heterocycles. The van der Waals surface area contributed by atoms with E-state index in [-0.39, 0.29) is 18.6 Å². The number of nitrogens with two attached hydrogens (primary N) is 1. The van der Waals surface area contributed by atoms with E-state index in [2.05, 4.69) is 10.3 Å². The molecule has 1 aliphatic rings. The molecule has 0 saturated carbocycles. The monoisotopic (exact) mass is 239 g/mol. The van der Waals surface area contributed by atoms with Gasteiger partial charge in [0.05, 0.1) is 24.6 Å². The van der Waals surface area contributed by atoms with Gasteiger partial charge >= 0.3 is 0 Å². The van der Waals surface area contributed by atoms with Crippen LogP contribution in [0.5, 0.6) is 0 Å². The quantitative estimate of drug-likeness (QED) is 0.730. The molecule has 0 spiro atoms. The Labute approximate surface area is 99.5 Å². The summed E-state index contributed by atoms with van der Waals surface area (Å²) in [4.78, 5) is 13.8. The minimum absolute atomic E-state index is 0.0358. The zero-order chi connectivity index (χ0) is 12.3. The molecule has 1 aromatic rings. The zero-order valence-corrected chi connectivity index (χ0v) is 9.87. The summed E-state index contributed by atoms with van der Waals surface area (Å²) < 4.78 is 6.90. The Balaban J connectivity index is 1.91. The van der Waals surface area contributed by atoms with Crippen molar-refractivity contribution in [1.82, 2.24) is 19.9 Å². The SMILES string of the molecule is CC1CN(C(=O)Cn2cc(CN)nn2)CCO1. The molecule has 1 fully saturated rings. The van der Waals surface area contributed by atoms with Crippen molar-refractivity contribution in [1.29, 1.82) is 0 Å². The lowest BCUT2D eigenvalue weighted by molar-refractivity contribution is -0.139. The van der Waals surface area contributed by atoms with Crippen LogP contribution in [-0.4, -0.2) is 51.6 Å². The average Bonchev–Trinajstić information content (AvgIpc) is 2.77. The third-order valence-electron chi connectivity index (χ3n) is 2.69. The van der Waals surface area contributed by atoms with Crippen molar-refractivity contribution in [2.75, 3.05) is 19.7 Å². The van der Waals surface area contributed by atoms with Crippen LogP contribution < -0.4 is 5.73 Å². The van der Waals surface area contributed by atoms with Gasteiger partial charge in [-0.25, -0.2) is 4.68 Å². The van der Waals surface area contributed by atoms with Gasteiger partial charge in [0.15, 0.2) is 0 Å². The summed E-state index contributed by atoms with van der Waals surface area (Å²) in [6, 6.07) is 0. The van der Waals surface area contributed by atoms with Gasteiger partial charge in [0.2, 0.25) is 5.91 Å². The second-order valence-electron chi connectivity index (χ2n) is 4.13. The molecule has 0 bridgehead atoms. The van der Waals surface area contributed by atoms with Crippen LogP contribution in [0, 0.1) is 0 Å². The Kier molecular flexibility index (Phi) is 3.70. The molecule has 1 atom stereocenters. The first-order valence-electron chi connectivity index (χ1n) is 5.67. The summed E-state index contributed by atoms with van der Waals surface area (Å²) in [6.45, 7) is 4.38. The van der Waals surface area contributed by atoms with Crippen molar-refractivity contribution >= 4 is 5.91 Å². The number of hydrogen-bond donors (Lipinski definition) is 1. The third kappa shape index (κ3) is 3.01. The maximum absolute atomic E-state index is 12.0. The van der Waals surface area contributed by atoms with Crippen LogP contribution in [-0.2, 0) is 22.6 Å². The topological polar surface area (TPSA) is 86.3 Å². The Bertz CT molecular complexity index is 392. The highest BCUT2D eigenvalue weighted by Gasteiger charge is 2.21. The van der Waals surface area contributed by atoms with Gasteiger partial charge in [-0.3, -0.25) is 4.79 Å². The van der Waals surface area contributed by atoms with Crippen molar-refractivity contribution in [3.8, 4) is 0 Å². The zero-order valence-electron chi connectivity index (χ0n) is 9.87. The van der Waals surface area contributed by atoms with Crippen molar-refractivity contribution < 1.29 is 9.53 Å². The highest BCUT2D eigenvalue weighted by Crippen LogP contribution is 2.05. The van der Waals surface area contributed by atoms with Gasteiger partial charge < -0.3 is 15.4 Å². The van der Waals surface area contributed by atoms with E-state index in [1.165, 1.54) is 4.68 Å². The minimum Gasteiger partial charge on any atom is -0.375 e. The van der Waals surface area contributed by atoms with E-state index in [4.69, 9.17) is 10.5 Å². The molecule has 0 aliphatic carbocycles. The van der Waals surface area contributed by atoms with E-state index in [1.54, 1.807) is 11.1 Å². The van der Waals surface area contributed by atoms with Crippen LogP contribution >= 0.6 is 0 Å². The predicted octanol–water partition coefficient (Wildman–Crippen LogP) is -1.02. The summed E-state index contributed by atoms with van der Waals surface area (Å²) in [5, 5.41) is 7.69. The molecule has 7 nitrogen and oxygen atoms in total. The van der Waals surface area contributed by atoms with Crippen LogP contribution in [0.4, 0.5) is 0 Å². The molecule has 1 saturated heterocycles. The van der Waals surface area contributed by atoms with Gasteiger partial charge in [-0.05, 0) is 6.92 Å². The molecule has 7 heteroatoms. The number of nitrogens with zero attached hydrogens (tertiary/aromatic N) is 4. The predicted molar refractivity (Wildman–Crippen MR) is 59.9 cm³/mol. The molecule has 0 radical (unpaired) electrons. The van der Waals surface area contributed by atoms with E-state index >= 15 is 0 Å². The summed E-state index contributed by atoms with van der Waals surface area (Å²) in [5.41, 5.74) is 6.12. The number of amides is 1. The molecule has 0 aromatic carbocycles. The van der Waals surface area contributed by atoms with Gasteiger partial charge in [-0.2, -0.15) is 0 Å². The van der Waals surface area contributed by atoms with E-state index in [1.807, 2.05) is 6.92 Å². The Morgan fingerprint density at radius 2 is 2.53 bits per heavy atom. The number of carbonyl (C=O) groups excluding carboxylic acids is 1. The Morgan fingerprint density at radius 3 is 3.18 bits per heavy atom. The number of hydrogen-bond acceptors (Lipinski definition) is 5. The average molecular weight is 239 g/mol. The molecule has 1 unspecified atom stereocenters. The molecular weight excluding hydrogens is 222 g/mol. The van der Waals surface area contributed by atoms with Gasteiger partial charge in [0.1, 0.15) is 6.54 Å². The maximum Gasteiger partial charge on any atom is 0.244 e. The van der Waals surface area contributed by atoms with Crippen molar-refractivity contribution in [2.45, 2.75) is 26.1 Å². The second-order valence-corrected chi connectivity index (χ2v) is 4.13. The van der Waals surface area contributed by atoms with E-state index in [9.17, 15) is 4.79 Å². The van der Waals surface area contributed by atoms with Crippen LogP contribution in [0.15, 0.2) is 6.20 Å².